The van der Waals surface area contributed by atoms with Crippen molar-refractivity contribution in [2.45, 2.75) is 51.9 Å². The van der Waals surface area contributed by atoms with Gasteiger partial charge in [0.2, 0.25) is 5.91 Å². The van der Waals surface area contributed by atoms with E-state index in [1.54, 1.807) is 6.20 Å². The van der Waals surface area contributed by atoms with Crippen molar-refractivity contribution in [3.05, 3.63) is 59.5 Å². The fraction of sp³-hybridized carbons (Fsp3) is 0.364. The third-order valence-electron chi connectivity index (χ3n) is 4.67. The van der Waals surface area contributed by atoms with Crippen LogP contribution >= 0.6 is 11.8 Å². The lowest BCUT2D eigenvalue weighted by molar-refractivity contribution is -0.113. The molecule has 0 saturated heterocycles. The largest absolute Gasteiger partial charge is 0.483 e. The van der Waals surface area contributed by atoms with Gasteiger partial charge in [-0.15, -0.1) is 10.2 Å². The van der Waals surface area contributed by atoms with E-state index in [4.69, 9.17) is 4.74 Å². The van der Waals surface area contributed by atoms with Crippen LogP contribution in [0.4, 0.5) is 5.82 Å². The van der Waals surface area contributed by atoms with Crippen molar-refractivity contribution >= 4 is 23.5 Å². The summed E-state index contributed by atoms with van der Waals surface area (Å²) in [6.07, 6.45) is 2.39. The Morgan fingerprint density at radius 2 is 1.97 bits per heavy atom. The van der Waals surface area contributed by atoms with E-state index in [0.29, 0.717) is 17.5 Å². The molecule has 0 aliphatic rings. The molecule has 8 heteroatoms. The van der Waals surface area contributed by atoms with Gasteiger partial charge in [0.25, 0.3) is 0 Å². The average molecular weight is 426 g/mol. The van der Waals surface area contributed by atoms with E-state index in [2.05, 4.69) is 39.6 Å². The summed E-state index contributed by atoms with van der Waals surface area (Å²) in [5.74, 6) is 2.21. The van der Waals surface area contributed by atoms with Crippen molar-refractivity contribution in [3.63, 3.8) is 0 Å². The Hall–Kier alpha value is -2.87. The standard InChI is InChI=1S/C22H27N5O2S/c1-5-17-9-11-18(12-10-17)29-16(4)21-25-26-22(27(21)6-2)30-14-19(28)24-20-15(3)8-7-13-23-20/h7-13,16H,5-6,14H2,1-4H3,(H,23,24,28)/t16-/m0/s1. The molecule has 0 aliphatic carbocycles. The number of nitrogens with zero attached hydrogens (tertiary/aromatic N) is 4. The number of nitrogens with one attached hydrogen (secondary N) is 1. The lowest BCUT2D eigenvalue weighted by Gasteiger charge is -2.16. The summed E-state index contributed by atoms with van der Waals surface area (Å²) in [6, 6.07) is 11.8. The molecule has 0 saturated carbocycles. The minimum atomic E-state index is -0.260. The van der Waals surface area contributed by atoms with Gasteiger partial charge in [0.1, 0.15) is 11.6 Å². The van der Waals surface area contributed by atoms with Gasteiger partial charge in [-0.25, -0.2) is 4.98 Å². The number of benzene rings is 1. The molecular weight excluding hydrogens is 398 g/mol. The SMILES string of the molecule is CCc1ccc(O[C@@H](C)c2nnc(SCC(=O)Nc3ncccc3C)n2CC)cc1. The van der Waals surface area contributed by atoms with Gasteiger partial charge in [0, 0.05) is 12.7 Å². The van der Waals surface area contributed by atoms with E-state index in [9.17, 15) is 4.79 Å². The Bertz CT molecular complexity index is 987. The van der Waals surface area contributed by atoms with Gasteiger partial charge in [-0.2, -0.15) is 0 Å². The van der Waals surface area contributed by atoms with Crippen molar-refractivity contribution in [3.8, 4) is 5.75 Å². The Balaban J connectivity index is 1.62. The van der Waals surface area contributed by atoms with Gasteiger partial charge in [0.15, 0.2) is 17.1 Å². The predicted molar refractivity (Wildman–Crippen MR) is 119 cm³/mol. The van der Waals surface area contributed by atoms with Crippen LogP contribution in [0, 0.1) is 6.92 Å². The summed E-state index contributed by atoms with van der Waals surface area (Å²) in [7, 11) is 0. The van der Waals surface area contributed by atoms with Crippen LogP contribution in [0.5, 0.6) is 5.75 Å². The molecule has 1 N–H and O–H groups in total. The van der Waals surface area contributed by atoms with E-state index >= 15 is 0 Å². The monoisotopic (exact) mass is 425 g/mol. The minimum absolute atomic E-state index is 0.130. The molecular formula is C22H27N5O2S. The Kier molecular flexibility index (Phi) is 7.46. The molecule has 2 aromatic heterocycles. The van der Waals surface area contributed by atoms with E-state index in [-0.39, 0.29) is 17.8 Å². The number of carbonyl (C=O) groups excluding carboxylic acids is 1. The third-order valence-corrected chi connectivity index (χ3v) is 5.64. The fourth-order valence-electron chi connectivity index (χ4n) is 2.98. The molecule has 0 aliphatic heterocycles. The smallest absolute Gasteiger partial charge is 0.236 e. The Morgan fingerprint density at radius 1 is 1.20 bits per heavy atom. The number of pyridine rings is 1. The van der Waals surface area contributed by atoms with Crippen LogP contribution in [-0.4, -0.2) is 31.4 Å². The highest BCUT2D eigenvalue weighted by Crippen LogP contribution is 2.25. The van der Waals surface area contributed by atoms with Crippen LogP contribution in [0.15, 0.2) is 47.8 Å². The number of aromatic nitrogens is 4. The maximum atomic E-state index is 12.3. The number of rotatable bonds is 9. The van der Waals surface area contributed by atoms with Crippen molar-refractivity contribution in [1.29, 1.82) is 0 Å². The summed E-state index contributed by atoms with van der Waals surface area (Å²) < 4.78 is 8.03. The zero-order chi connectivity index (χ0) is 21.5. The second kappa shape index (κ2) is 10.2. The van der Waals surface area contributed by atoms with Gasteiger partial charge >= 0.3 is 0 Å². The molecule has 158 valence electrons. The van der Waals surface area contributed by atoms with Crippen molar-refractivity contribution in [1.82, 2.24) is 19.7 Å². The molecule has 1 atom stereocenters. The molecule has 3 rings (SSSR count). The second-order valence-electron chi connectivity index (χ2n) is 6.85. The number of hydrogen-bond acceptors (Lipinski definition) is 6. The zero-order valence-electron chi connectivity index (χ0n) is 17.8. The zero-order valence-corrected chi connectivity index (χ0v) is 18.6. The van der Waals surface area contributed by atoms with Crippen LogP contribution < -0.4 is 10.1 Å². The van der Waals surface area contributed by atoms with Crippen LogP contribution in [0.25, 0.3) is 0 Å². The Morgan fingerprint density at radius 3 is 2.63 bits per heavy atom. The first-order valence-corrected chi connectivity index (χ1v) is 11.0. The molecule has 1 aromatic carbocycles. The molecule has 3 aromatic rings. The molecule has 30 heavy (non-hydrogen) atoms. The highest BCUT2D eigenvalue weighted by molar-refractivity contribution is 7.99. The first kappa shape index (κ1) is 21.8. The van der Waals surface area contributed by atoms with Crippen molar-refractivity contribution in [2.75, 3.05) is 11.1 Å². The van der Waals surface area contributed by atoms with Gasteiger partial charge in [-0.3, -0.25) is 4.79 Å². The van der Waals surface area contributed by atoms with Crippen LogP contribution in [-0.2, 0) is 17.8 Å². The summed E-state index contributed by atoms with van der Waals surface area (Å²) >= 11 is 1.35. The Labute approximate surface area is 181 Å². The maximum absolute atomic E-state index is 12.3. The molecule has 0 bridgehead atoms. The highest BCUT2D eigenvalue weighted by atomic mass is 32.2. The number of ether oxygens (including phenoxy) is 1. The molecule has 0 spiro atoms. The fourth-order valence-corrected chi connectivity index (χ4v) is 3.79. The van der Waals surface area contributed by atoms with E-state index in [1.165, 1.54) is 17.3 Å². The number of thioether (sulfide) groups is 1. The van der Waals surface area contributed by atoms with Gasteiger partial charge in [-0.05, 0) is 56.5 Å². The summed E-state index contributed by atoms with van der Waals surface area (Å²) in [5.41, 5.74) is 2.19. The molecule has 1 amide bonds. The molecule has 0 radical (unpaired) electrons. The lowest BCUT2D eigenvalue weighted by Crippen LogP contribution is -2.16. The summed E-state index contributed by atoms with van der Waals surface area (Å²) in [6.45, 7) is 8.70. The normalized spacial score (nSPS) is 11.9. The topological polar surface area (TPSA) is 81.9 Å². The van der Waals surface area contributed by atoms with Gasteiger partial charge < -0.3 is 14.6 Å². The van der Waals surface area contributed by atoms with Crippen LogP contribution in [0.2, 0.25) is 0 Å². The molecule has 7 nitrogen and oxygen atoms in total. The minimum Gasteiger partial charge on any atom is -0.483 e. The highest BCUT2D eigenvalue weighted by Gasteiger charge is 2.19. The number of anilines is 1. The molecule has 2 heterocycles. The maximum Gasteiger partial charge on any atom is 0.236 e. The van der Waals surface area contributed by atoms with Gasteiger partial charge in [-0.1, -0.05) is 36.9 Å². The first-order valence-electron chi connectivity index (χ1n) is 10.0. The van der Waals surface area contributed by atoms with Gasteiger partial charge in [0.05, 0.1) is 5.75 Å². The number of aryl methyl sites for hydroxylation is 2. The average Bonchev–Trinajstić information content (AvgIpc) is 3.17. The third kappa shape index (κ3) is 5.38. The van der Waals surface area contributed by atoms with Crippen LogP contribution in [0.3, 0.4) is 0 Å². The lowest BCUT2D eigenvalue weighted by atomic mass is 10.2. The summed E-state index contributed by atoms with van der Waals surface area (Å²) in [5, 5.41) is 12.1. The second-order valence-corrected chi connectivity index (χ2v) is 7.79. The quantitative estimate of drug-likeness (QED) is 0.511. The number of amides is 1. The van der Waals surface area contributed by atoms with E-state index in [0.717, 1.165) is 23.6 Å². The summed E-state index contributed by atoms with van der Waals surface area (Å²) in [4.78, 5) is 16.5. The van der Waals surface area contributed by atoms with Crippen LogP contribution in [0.1, 0.15) is 43.8 Å². The molecule has 0 fully saturated rings. The van der Waals surface area contributed by atoms with Crippen molar-refractivity contribution < 1.29 is 9.53 Å². The number of carbonyl (C=O) groups is 1. The predicted octanol–water partition coefficient (Wildman–Crippen LogP) is 4.43. The van der Waals surface area contributed by atoms with Crippen molar-refractivity contribution in [2.24, 2.45) is 0 Å². The number of hydrogen-bond donors (Lipinski definition) is 1. The first-order chi connectivity index (χ1) is 14.5. The van der Waals surface area contributed by atoms with E-state index < -0.39 is 0 Å². The van der Waals surface area contributed by atoms with E-state index in [1.807, 2.05) is 49.6 Å². The molecule has 0 unspecified atom stereocenters.